The van der Waals surface area contributed by atoms with Crippen LogP contribution in [-0.4, -0.2) is 48.5 Å². The van der Waals surface area contributed by atoms with Crippen molar-refractivity contribution in [2.75, 3.05) is 25.8 Å². The number of hydrogen-bond donors (Lipinski definition) is 4. The monoisotopic (exact) mass is 404 g/mol. The molecule has 3 rings (SSSR count). The number of methoxy groups -OCH3 is 1. The first kappa shape index (κ1) is 21.5. The van der Waals surface area contributed by atoms with E-state index in [4.69, 9.17) is 34.0 Å². The lowest BCUT2D eigenvalue weighted by molar-refractivity contribution is -0.159. The van der Waals surface area contributed by atoms with Crippen molar-refractivity contribution in [2.45, 2.75) is 6.54 Å². The minimum Gasteiger partial charge on any atom is -0.497 e. The molecule has 1 amide bonds. The molecular formula is C19H20N2O8. The second kappa shape index (κ2) is 10.5. The van der Waals surface area contributed by atoms with Gasteiger partial charge in [-0.05, 0) is 29.8 Å². The lowest BCUT2D eigenvalue weighted by Gasteiger charge is -2.08. The molecule has 0 saturated heterocycles. The number of amides is 1. The van der Waals surface area contributed by atoms with E-state index < -0.39 is 11.9 Å². The van der Waals surface area contributed by atoms with Crippen LogP contribution < -0.4 is 24.8 Å². The van der Waals surface area contributed by atoms with Gasteiger partial charge >= 0.3 is 11.9 Å². The third-order valence-corrected chi connectivity index (χ3v) is 3.61. The van der Waals surface area contributed by atoms with E-state index in [0.717, 1.165) is 11.3 Å². The minimum atomic E-state index is -1.82. The molecule has 154 valence electrons. The molecule has 4 N–H and O–H groups in total. The van der Waals surface area contributed by atoms with E-state index in [1.54, 1.807) is 25.3 Å². The van der Waals surface area contributed by atoms with Crippen molar-refractivity contribution in [3.63, 3.8) is 0 Å². The normalized spacial score (nSPS) is 11.1. The van der Waals surface area contributed by atoms with Crippen LogP contribution in [0.2, 0.25) is 0 Å². The standard InChI is InChI=1S/C17H18N2O4.C2H2O4/c1-21-14-5-2-12(3-6-14)9-18-10-17(20)19-13-4-7-15-16(8-13)23-11-22-15;3-1(4)2(5)6/h2-8,18H,9-11H2,1H3,(H,19,20);(H,3,4)(H,5,6). The Morgan fingerprint density at radius 1 is 1.00 bits per heavy atom. The Morgan fingerprint density at radius 2 is 1.66 bits per heavy atom. The highest BCUT2D eigenvalue weighted by Crippen LogP contribution is 2.34. The summed E-state index contributed by atoms with van der Waals surface area (Å²) >= 11 is 0. The number of hydrogen-bond acceptors (Lipinski definition) is 7. The van der Waals surface area contributed by atoms with Crippen LogP contribution in [0.5, 0.6) is 17.2 Å². The number of anilines is 1. The molecule has 0 atom stereocenters. The maximum atomic E-state index is 11.9. The largest absolute Gasteiger partial charge is 0.497 e. The third kappa shape index (κ3) is 7.03. The summed E-state index contributed by atoms with van der Waals surface area (Å²) in [5, 5.41) is 20.7. The molecule has 1 aliphatic rings. The van der Waals surface area contributed by atoms with E-state index in [9.17, 15) is 4.79 Å². The van der Waals surface area contributed by atoms with Gasteiger partial charge in [-0.25, -0.2) is 9.59 Å². The average Bonchev–Trinajstić information content (AvgIpc) is 3.17. The molecule has 2 aromatic rings. The fraction of sp³-hybridized carbons (Fsp3) is 0.211. The Morgan fingerprint density at radius 3 is 2.28 bits per heavy atom. The van der Waals surface area contributed by atoms with Crippen molar-refractivity contribution < 1.29 is 38.8 Å². The molecular weight excluding hydrogens is 384 g/mol. The topological polar surface area (TPSA) is 143 Å². The summed E-state index contributed by atoms with van der Waals surface area (Å²) in [6, 6.07) is 13.0. The van der Waals surface area contributed by atoms with E-state index in [2.05, 4.69) is 10.6 Å². The Bertz CT molecular complexity index is 855. The molecule has 1 aliphatic heterocycles. The van der Waals surface area contributed by atoms with Crippen LogP contribution in [0.3, 0.4) is 0 Å². The highest BCUT2D eigenvalue weighted by molar-refractivity contribution is 6.27. The number of carboxylic acids is 2. The van der Waals surface area contributed by atoms with Crippen molar-refractivity contribution in [1.82, 2.24) is 5.32 Å². The molecule has 0 fully saturated rings. The van der Waals surface area contributed by atoms with Gasteiger partial charge in [-0.3, -0.25) is 4.79 Å². The number of benzene rings is 2. The first-order valence-corrected chi connectivity index (χ1v) is 8.38. The van der Waals surface area contributed by atoms with Gasteiger partial charge in [0, 0.05) is 18.3 Å². The highest BCUT2D eigenvalue weighted by Gasteiger charge is 2.14. The molecule has 2 aromatic carbocycles. The van der Waals surface area contributed by atoms with E-state index >= 15 is 0 Å². The van der Waals surface area contributed by atoms with Crippen molar-refractivity contribution >= 4 is 23.5 Å². The van der Waals surface area contributed by atoms with Crippen LogP contribution in [0.4, 0.5) is 5.69 Å². The maximum absolute atomic E-state index is 11.9. The predicted molar refractivity (Wildman–Crippen MR) is 101 cm³/mol. The summed E-state index contributed by atoms with van der Waals surface area (Å²) in [7, 11) is 1.63. The van der Waals surface area contributed by atoms with Gasteiger partial charge in [0.05, 0.1) is 13.7 Å². The molecule has 0 saturated carbocycles. The fourth-order valence-electron chi connectivity index (χ4n) is 2.24. The molecule has 10 nitrogen and oxygen atoms in total. The lowest BCUT2D eigenvalue weighted by atomic mass is 10.2. The van der Waals surface area contributed by atoms with Crippen LogP contribution >= 0.6 is 0 Å². The Labute approximate surface area is 166 Å². The number of aliphatic carboxylic acids is 2. The number of nitrogens with one attached hydrogen (secondary N) is 2. The van der Waals surface area contributed by atoms with E-state index in [0.29, 0.717) is 23.7 Å². The summed E-state index contributed by atoms with van der Waals surface area (Å²) in [4.78, 5) is 30.1. The number of carbonyl (C=O) groups excluding carboxylic acids is 1. The van der Waals surface area contributed by atoms with Gasteiger partial charge in [-0.2, -0.15) is 0 Å². The Hall–Kier alpha value is -3.79. The van der Waals surface area contributed by atoms with Crippen molar-refractivity contribution in [2.24, 2.45) is 0 Å². The van der Waals surface area contributed by atoms with Crippen molar-refractivity contribution in [3.05, 3.63) is 48.0 Å². The number of rotatable bonds is 6. The molecule has 1 heterocycles. The van der Waals surface area contributed by atoms with Crippen LogP contribution in [0.15, 0.2) is 42.5 Å². The predicted octanol–water partition coefficient (Wildman–Crippen LogP) is 1.31. The van der Waals surface area contributed by atoms with E-state index in [-0.39, 0.29) is 19.2 Å². The zero-order chi connectivity index (χ0) is 21.2. The van der Waals surface area contributed by atoms with E-state index in [1.807, 2.05) is 24.3 Å². The van der Waals surface area contributed by atoms with Crippen LogP contribution in [-0.2, 0) is 20.9 Å². The van der Waals surface area contributed by atoms with Crippen LogP contribution in [0, 0.1) is 0 Å². The SMILES string of the molecule is COc1ccc(CNCC(=O)Nc2ccc3c(c2)OCO3)cc1.O=C(O)C(=O)O. The summed E-state index contributed by atoms with van der Waals surface area (Å²) < 4.78 is 15.6. The number of carboxylic acid groups (broad SMARTS) is 2. The number of ether oxygens (including phenoxy) is 3. The van der Waals surface area contributed by atoms with Gasteiger partial charge in [-0.1, -0.05) is 12.1 Å². The molecule has 0 radical (unpaired) electrons. The third-order valence-electron chi connectivity index (χ3n) is 3.61. The molecule has 0 spiro atoms. The van der Waals surface area contributed by atoms with Crippen molar-refractivity contribution in [1.29, 1.82) is 0 Å². The minimum absolute atomic E-state index is 0.114. The summed E-state index contributed by atoms with van der Waals surface area (Å²) in [6.45, 7) is 1.05. The maximum Gasteiger partial charge on any atom is 0.414 e. The zero-order valence-corrected chi connectivity index (χ0v) is 15.5. The Kier molecular flexibility index (Phi) is 7.80. The van der Waals surface area contributed by atoms with Gasteiger partial charge in [-0.15, -0.1) is 0 Å². The first-order chi connectivity index (χ1) is 13.9. The second-order valence-corrected chi connectivity index (χ2v) is 5.68. The molecule has 0 aliphatic carbocycles. The van der Waals surface area contributed by atoms with Crippen LogP contribution in [0.1, 0.15) is 5.56 Å². The Balaban J connectivity index is 0.000000438. The molecule has 0 bridgehead atoms. The quantitative estimate of drug-likeness (QED) is 0.524. The second-order valence-electron chi connectivity index (χ2n) is 5.68. The number of carbonyl (C=O) groups is 3. The van der Waals surface area contributed by atoms with Crippen LogP contribution in [0.25, 0.3) is 0 Å². The lowest BCUT2D eigenvalue weighted by Crippen LogP contribution is -2.27. The van der Waals surface area contributed by atoms with Gasteiger partial charge in [0.15, 0.2) is 11.5 Å². The van der Waals surface area contributed by atoms with Gasteiger partial charge < -0.3 is 35.1 Å². The van der Waals surface area contributed by atoms with Crippen molar-refractivity contribution in [3.8, 4) is 17.2 Å². The summed E-state index contributed by atoms with van der Waals surface area (Å²) in [6.07, 6.45) is 0. The first-order valence-electron chi connectivity index (χ1n) is 8.38. The van der Waals surface area contributed by atoms with Gasteiger partial charge in [0.2, 0.25) is 12.7 Å². The van der Waals surface area contributed by atoms with Gasteiger partial charge in [0.1, 0.15) is 5.75 Å². The molecule has 0 unspecified atom stereocenters. The molecule has 0 aromatic heterocycles. The van der Waals surface area contributed by atoms with E-state index in [1.165, 1.54) is 0 Å². The highest BCUT2D eigenvalue weighted by atomic mass is 16.7. The number of fused-ring (bicyclic) bond motifs is 1. The van der Waals surface area contributed by atoms with Gasteiger partial charge in [0.25, 0.3) is 0 Å². The molecule has 10 heteroatoms. The summed E-state index contributed by atoms with van der Waals surface area (Å²) in [5.41, 5.74) is 1.77. The molecule has 29 heavy (non-hydrogen) atoms. The summed E-state index contributed by atoms with van der Waals surface area (Å²) in [5.74, 6) is -1.61. The average molecular weight is 404 g/mol. The zero-order valence-electron chi connectivity index (χ0n) is 15.5. The smallest absolute Gasteiger partial charge is 0.414 e. The fourth-order valence-corrected chi connectivity index (χ4v) is 2.24.